The first-order valence-electron chi connectivity index (χ1n) is 8.23. The van der Waals surface area contributed by atoms with Gasteiger partial charge < -0.3 is 4.90 Å². The van der Waals surface area contributed by atoms with Crippen molar-refractivity contribution in [2.24, 2.45) is 0 Å². The van der Waals surface area contributed by atoms with Gasteiger partial charge in [0.15, 0.2) is 5.11 Å². The normalized spacial score (nSPS) is 15.9. The molecule has 0 radical (unpaired) electrons. The number of para-hydroxylation sites is 1. The fraction of sp³-hybridized carbons (Fsp3) is 0.150. The molecule has 0 aliphatic carbocycles. The second-order valence-corrected chi connectivity index (χ2v) is 7.59. The van der Waals surface area contributed by atoms with Crippen LogP contribution in [0.2, 0.25) is 0 Å². The number of aryl methyl sites for hydroxylation is 1. The molecule has 7 heteroatoms. The second-order valence-electron chi connectivity index (χ2n) is 6.35. The number of amides is 2. The van der Waals surface area contributed by atoms with E-state index in [1.807, 2.05) is 62.3 Å². The third kappa shape index (κ3) is 3.79. The highest BCUT2D eigenvalue weighted by Gasteiger charge is 2.35. The first kappa shape index (κ1) is 19.3. The van der Waals surface area contributed by atoms with Gasteiger partial charge in [-0.3, -0.25) is 19.8 Å². The first-order chi connectivity index (χ1) is 12.8. The molecular weight excluding hydrogens is 426 g/mol. The van der Waals surface area contributed by atoms with Crippen LogP contribution in [0.5, 0.6) is 0 Å². The third-order valence-corrected chi connectivity index (χ3v) is 5.14. The summed E-state index contributed by atoms with van der Waals surface area (Å²) < 4.78 is 0.872. The maximum atomic E-state index is 13.1. The lowest BCUT2D eigenvalue weighted by molar-refractivity contribution is -0.122. The molecule has 0 saturated carbocycles. The molecular formula is C20H18BrN3O2S. The van der Waals surface area contributed by atoms with Crippen molar-refractivity contribution in [2.45, 2.75) is 6.92 Å². The zero-order chi connectivity index (χ0) is 19.7. The standard InChI is InChI=1S/C20H18BrN3O2S/c1-12-6-4-5-7-16(12)24-19(26)14(18(25)22-20(24)27)10-13-8-9-17(23(2)3)15(21)11-13/h4-11H,1-3H3,(H,22,25,27)/b14-10-. The Morgan fingerprint density at radius 2 is 1.85 bits per heavy atom. The number of hydrogen-bond donors (Lipinski definition) is 1. The van der Waals surface area contributed by atoms with Crippen LogP contribution in [0.3, 0.4) is 0 Å². The van der Waals surface area contributed by atoms with E-state index in [2.05, 4.69) is 21.2 Å². The van der Waals surface area contributed by atoms with Crippen molar-refractivity contribution >= 4 is 62.5 Å². The van der Waals surface area contributed by atoms with Crippen molar-refractivity contribution in [1.29, 1.82) is 0 Å². The molecule has 2 amide bonds. The predicted molar refractivity (Wildman–Crippen MR) is 116 cm³/mol. The van der Waals surface area contributed by atoms with Crippen molar-refractivity contribution in [1.82, 2.24) is 5.32 Å². The average Bonchev–Trinajstić information content (AvgIpc) is 2.60. The molecule has 27 heavy (non-hydrogen) atoms. The van der Waals surface area contributed by atoms with E-state index in [1.165, 1.54) is 4.90 Å². The molecule has 0 atom stereocenters. The molecule has 0 bridgehead atoms. The van der Waals surface area contributed by atoms with Crippen LogP contribution < -0.4 is 15.1 Å². The monoisotopic (exact) mass is 443 g/mol. The van der Waals surface area contributed by atoms with Crippen LogP contribution in [-0.4, -0.2) is 31.0 Å². The number of hydrogen-bond acceptors (Lipinski definition) is 4. The molecule has 138 valence electrons. The molecule has 1 fully saturated rings. The minimum Gasteiger partial charge on any atom is -0.377 e. The van der Waals surface area contributed by atoms with Gasteiger partial charge in [0.2, 0.25) is 0 Å². The van der Waals surface area contributed by atoms with Crippen molar-refractivity contribution in [2.75, 3.05) is 23.9 Å². The zero-order valence-electron chi connectivity index (χ0n) is 15.1. The van der Waals surface area contributed by atoms with E-state index < -0.39 is 11.8 Å². The molecule has 0 aromatic heterocycles. The largest absolute Gasteiger partial charge is 0.377 e. The van der Waals surface area contributed by atoms with E-state index in [1.54, 1.807) is 12.1 Å². The van der Waals surface area contributed by atoms with E-state index in [0.29, 0.717) is 5.69 Å². The smallest absolute Gasteiger partial charge is 0.270 e. The number of benzene rings is 2. The Morgan fingerprint density at radius 1 is 1.15 bits per heavy atom. The fourth-order valence-corrected chi connectivity index (χ4v) is 3.86. The Kier molecular flexibility index (Phi) is 5.43. The summed E-state index contributed by atoms with van der Waals surface area (Å²) in [5.74, 6) is -0.937. The molecule has 1 N–H and O–H groups in total. The molecule has 5 nitrogen and oxygen atoms in total. The number of halogens is 1. The highest BCUT2D eigenvalue weighted by atomic mass is 79.9. The molecule has 1 saturated heterocycles. The van der Waals surface area contributed by atoms with Crippen LogP contribution in [-0.2, 0) is 9.59 Å². The van der Waals surface area contributed by atoms with Gasteiger partial charge in [-0.1, -0.05) is 24.3 Å². The highest BCUT2D eigenvalue weighted by molar-refractivity contribution is 9.10. The molecule has 2 aromatic carbocycles. The summed E-state index contributed by atoms with van der Waals surface area (Å²) in [6.45, 7) is 1.89. The molecule has 2 aromatic rings. The summed E-state index contributed by atoms with van der Waals surface area (Å²) in [6, 6.07) is 13.1. The zero-order valence-corrected chi connectivity index (χ0v) is 17.5. The van der Waals surface area contributed by atoms with Crippen LogP contribution in [0.1, 0.15) is 11.1 Å². The minimum atomic E-state index is -0.498. The number of nitrogens with zero attached hydrogens (tertiary/aromatic N) is 2. The summed E-state index contributed by atoms with van der Waals surface area (Å²) in [4.78, 5) is 28.8. The summed E-state index contributed by atoms with van der Waals surface area (Å²) >= 11 is 8.76. The number of anilines is 2. The number of carbonyl (C=O) groups excluding carboxylic acids is 2. The van der Waals surface area contributed by atoms with Gasteiger partial charge in [-0.25, -0.2) is 0 Å². The summed E-state index contributed by atoms with van der Waals surface area (Å²) in [7, 11) is 3.88. The Labute approximate surface area is 171 Å². The summed E-state index contributed by atoms with van der Waals surface area (Å²) in [5, 5.41) is 2.69. The van der Waals surface area contributed by atoms with Crippen LogP contribution >= 0.6 is 28.1 Å². The Morgan fingerprint density at radius 3 is 2.48 bits per heavy atom. The lowest BCUT2D eigenvalue weighted by Crippen LogP contribution is -2.54. The number of nitrogens with one attached hydrogen (secondary N) is 1. The summed E-state index contributed by atoms with van der Waals surface area (Å²) in [6.07, 6.45) is 1.58. The Balaban J connectivity index is 2.02. The van der Waals surface area contributed by atoms with Gasteiger partial charge in [-0.05, 0) is 70.5 Å². The molecule has 3 rings (SSSR count). The van der Waals surface area contributed by atoms with Crippen LogP contribution in [0, 0.1) is 6.92 Å². The number of thiocarbonyl (C=S) groups is 1. The Bertz CT molecular complexity index is 985. The SMILES string of the molecule is Cc1ccccc1N1C(=O)/C(=C\c2ccc(N(C)C)c(Br)c2)C(=O)NC1=S. The van der Waals surface area contributed by atoms with Crippen LogP contribution in [0.25, 0.3) is 6.08 Å². The third-order valence-electron chi connectivity index (χ3n) is 4.22. The van der Waals surface area contributed by atoms with E-state index >= 15 is 0 Å². The van der Waals surface area contributed by atoms with Crippen molar-refractivity contribution in [3.63, 3.8) is 0 Å². The van der Waals surface area contributed by atoms with Gasteiger partial charge >= 0.3 is 0 Å². The lowest BCUT2D eigenvalue weighted by Gasteiger charge is -2.30. The predicted octanol–water partition coefficient (Wildman–Crippen LogP) is 3.65. The quantitative estimate of drug-likeness (QED) is 0.446. The lowest BCUT2D eigenvalue weighted by atomic mass is 10.1. The first-order valence-corrected chi connectivity index (χ1v) is 9.43. The average molecular weight is 444 g/mol. The minimum absolute atomic E-state index is 0.0383. The van der Waals surface area contributed by atoms with Crippen molar-refractivity contribution < 1.29 is 9.59 Å². The summed E-state index contributed by atoms with van der Waals surface area (Å²) in [5.41, 5.74) is 3.32. The fourth-order valence-electron chi connectivity index (χ4n) is 2.83. The molecule has 0 unspecified atom stereocenters. The van der Waals surface area contributed by atoms with Gasteiger partial charge in [0.05, 0.1) is 11.4 Å². The van der Waals surface area contributed by atoms with Crippen molar-refractivity contribution in [3.8, 4) is 0 Å². The van der Waals surface area contributed by atoms with Gasteiger partial charge in [-0.15, -0.1) is 0 Å². The van der Waals surface area contributed by atoms with Crippen LogP contribution in [0.4, 0.5) is 11.4 Å². The topological polar surface area (TPSA) is 52.7 Å². The van der Waals surface area contributed by atoms with E-state index in [9.17, 15) is 9.59 Å². The number of rotatable bonds is 3. The van der Waals surface area contributed by atoms with Gasteiger partial charge in [0, 0.05) is 18.6 Å². The second kappa shape index (κ2) is 7.62. The van der Waals surface area contributed by atoms with Gasteiger partial charge in [0.1, 0.15) is 5.57 Å². The maximum Gasteiger partial charge on any atom is 0.270 e. The molecule has 1 aliphatic heterocycles. The van der Waals surface area contributed by atoms with E-state index in [4.69, 9.17) is 12.2 Å². The van der Waals surface area contributed by atoms with E-state index in [-0.39, 0.29) is 10.7 Å². The number of carbonyl (C=O) groups is 2. The van der Waals surface area contributed by atoms with Crippen molar-refractivity contribution in [3.05, 3.63) is 63.6 Å². The van der Waals surface area contributed by atoms with Crippen LogP contribution in [0.15, 0.2) is 52.5 Å². The van der Waals surface area contributed by atoms with Gasteiger partial charge in [0.25, 0.3) is 11.8 Å². The van der Waals surface area contributed by atoms with E-state index in [0.717, 1.165) is 21.3 Å². The molecule has 1 heterocycles. The molecule has 1 aliphatic rings. The molecule has 0 spiro atoms. The Hall–Kier alpha value is -2.51. The highest BCUT2D eigenvalue weighted by Crippen LogP contribution is 2.28. The maximum absolute atomic E-state index is 13.1. The van der Waals surface area contributed by atoms with Gasteiger partial charge in [-0.2, -0.15) is 0 Å².